The summed E-state index contributed by atoms with van der Waals surface area (Å²) in [6.45, 7) is 2.20. The van der Waals surface area contributed by atoms with Gasteiger partial charge in [0.1, 0.15) is 6.07 Å². The van der Waals surface area contributed by atoms with Crippen molar-refractivity contribution in [1.29, 1.82) is 5.26 Å². The zero-order valence-corrected chi connectivity index (χ0v) is 10.8. The highest BCUT2D eigenvalue weighted by molar-refractivity contribution is 6.30. The molecule has 6 heteroatoms. The predicted octanol–water partition coefficient (Wildman–Crippen LogP) is 2.54. The molecular formula is C12H11ClN4O. The summed E-state index contributed by atoms with van der Waals surface area (Å²) in [5.74, 6) is 1.10. The van der Waals surface area contributed by atoms with E-state index in [1.807, 2.05) is 11.9 Å². The number of halogens is 1. The van der Waals surface area contributed by atoms with Crippen LogP contribution in [0.15, 0.2) is 22.7 Å². The molecule has 18 heavy (non-hydrogen) atoms. The van der Waals surface area contributed by atoms with E-state index in [2.05, 4.69) is 16.2 Å². The molecule has 0 saturated heterocycles. The summed E-state index contributed by atoms with van der Waals surface area (Å²) in [7, 11) is 1.86. The maximum atomic E-state index is 9.08. The first-order chi connectivity index (χ1) is 8.60. The first-order valence-electron chi connectivity index (χ1n) is 5.30. The first-order valence-corrected chi connectivity index (χ1v) is 5.68. The number of anilines is 1. The summed E-state index contributed by atoms with van der Waals surface area (Å²) >= 11 is 5.85. The van der Waals surface area contributed by atoms with Crippen LogP contribution in [0.3, 0.4) is 0 Å². The SMILES string of the molecule is Cc1nc(CN(C)c2ccc(Cl)cc2C#N)no1. The van der Waals surface area contributed by atoms with E-state index in [1.54, 1.807) is 25.1 Å². The number of benzene rings is 1. The van der Waals surface area contributed by atoms with Crippen LogP contribution in [0, 0.1) is 18.3 Å². The van der Waals surface area contributed by atoms with Crippen LogP contribution in [-0.4, -0.2) is 17.2 Å². The normalized spacial score (nSPS) is 10.1. The fourth-order valence-corrected chi connectivity index (χ4v) is 1.81. The molecule has 1 heterocycles. The van der Waals surface area contributed by atoms with Crippen molar-refractivity contribution in [2.24, 2.45) is 0 Å². The Balaban J connectivity index is 2.24. The van der Waals surface area contributed by atoms with Crippen molar-refractivity contribution >= 4 is 17.3 Å². The number of nitriles is 1. The Kier molecular flexibility index (Phi) is 3.49. The van der Waals surface area contributed by atoms with Crippen LogP contribution in [-0.2, 0) is 6.54 Å². The van der Waals surface area contributed by atoms with Crippen LogP contribution < -0.4 is 4.90 Å². The topological polar surface area (TPSA) is 66.0 Å². The summed E-state index contributed by atoms with van der Waals surface area (Å²) in [6, 6.07) is 7.30. The lowest BCUT2D eigenvalue weighted by atomic mass is 10.2. The molecule has 2 aromatic rings. The van der Waals surface area contributed by atoms with E-state index >= 15 is 0 Å². The van der Waals surface area contributed by atoms with Crippen molar-refractivity contribution < 1.29 is 4.52 Å². The maximum Gasteiger partial charge on any atom is 0.223 e. The molecule has 1 aromatic heterocycles. The molecule has 0 aliphatic rings. The van der Waals surface area contributed by atoms with Crippen LogP contribution in [0.1, 0.15) is 17.3 Å². The Hall–Kier alpha value is -2.06. The molecule has 0 fully saturated rings. The second-order valence-corrected chi connectivity index (χ2v) is 4.30. The third kappa shape index (κ3) is 2.60. The van der Waals surface area contributed by atoms with E-state index in [0.717, 1.165) is 5.69 Å². The molecule has 0 aliphatic heterocycles. The highest BCUT2D eigenvalue weighted by Crippen LogP contribution is 2.23. The number of hydrogen-bond acceptors (Lipinski definition) is 5. The minimum Gasteiger partial charge on any atom is -0.366 e. The zero-order chi connectivity index (χ0) is 13.1. The minimum absolute atomic E-state index is 0.466. The number of aryl methyl sites for hydroxylation is 1. The van der Waals surface area contributed by atoms with Crippen molar-refractivity contribution in [3.05, 3.63) is 40.5 Å². The van der Waals surface area contributed by atoms with Crippen molar-refractivity contribution in [1.82, 2.24) is 10.1 Å². The van der Waals surface area contributed by atoms with Crippen molar-refractivity contribution in [3.63, 3.8) is 0 Å². The molecule has 0 spiro atoms. The van der Waals surface area contributed by atoms with Gasteiger partial charge in [-0.15, -0.1) is 0 Å². The molecule has 0 bridgehead atoms. The second kappa shape index (κ2) is 5.07. The number of nitrogens with zero attached hydrogens (tertiary/aromatic N) is 4. The van der Waals surface area contributed by atoms with Gasteiger partial charge in [-0.3, -0.25) is 0 Å². The molecule has 0 atom stereocenters. The van der Waals surface area contributed by atoms with Gasteiger partial charge >= 0.3 is 0 Å². The van der Waals surface area contributed by atoms with Crippen molar-refractivity contribution in [2.45, 2.75) is 13.5 Å². The molecule has 2 rings (SSSR count). The fraction of sp³-hybridized carbons (Fsp3) is 0.250. The molecule has 0 unspecified atom stereocenters. The number of hydrogen-bond donors (Lipinski definition) is 0. The first kappa shape index (κ1) is 12.4. The van der Waals surface area contributed by atoms with Gasteiger partial charge in [-0.05, 0) is 18.2 Å². The van der Waals surface area contributed by atoms with Crippen LogP contribution in [0.25, 0.3) is 0 Å². The van der Waals surface area contributed by atoms with E-state index in [1.165, 1.54) is 0 Å². The lowest BCUT2D eigenvalue weighted by molar-refractivity contribution is 0.387. The summed E-state index contributed by atoms with van der Waals surface area (Å²) in [6.07, 6.45) is 0. The Morgan fingerprint density at radius 1 is 1.50 bits per heavy atom. The molecular weight excluding hydrogens is 252 g/mol. The van der Waals surface area contributed by atoms with Gasteiger partial charge in [0.05, 0.1) is 17.8 Å². The third-order valence-corrected chi connectivity index (χ3v) is 2.67. The number of aromatic nitrogens is 2. The average Bonchev–Trinajstić information content (AvgIpc) is 2.74. The highest BCUT2D eigenvalue weighted by atomic mass is 35.5. The minimum atomic E-state index is 0.466. The molecule has 0 radical (unpaired) electrons. The molecule has 5 nitrogen and oxygen atoms in total. The van der Waals surface area contributed by atoms with Gasteiger partial charge in [0.2, 0.25) is 5.89 Å². The molecule has 0 saturated carbocycles. The summed E-state index contributed by atoms with van der Waals surface area (Å²) in [5, 5.41) is 13.4. The van der Waals surface area contributed by atoms with Crippen LogP contribution in [0.4, 0.5) is 5.69 Å². The quantitative estimate of drug-likeness (QED) is 0.850. The van der Waals surface area contributed by atoms with Gasteiger partial charge in [-0.1, -0.05) is 16.8 Å². The van der Waals surface area contributed by atoms with E-state index in [4.69, 9.17) is 21.4 Å². The lowest BCUT2D eigenvalue weighted by Gasteiger charge is -2.18. The Morgan fingerprint density at radius 2 is 2.28 bits per heavy atom. The van der Waals surface area contributed by atoms with E-state index in [9.17, 15) is 0 Å². The highest BCUT2D eigenvalue weighted by Gasteiger charge is 2.11. The van der Waals surface area contributed by atoms with Crippen molar-refractivity contribution in [2.75, 3.05) is 11.9 Å². The Labute approximate surface area is 110 Å². The van der Waals surface area contributed by atoms with Crippen LogP contribution >= 0.6 is 11.6 Å². The van der Waals surface area contributed by atoms with Gasteiger partial charge in [-0.25, -0.2) is 0 Å². The molecule has 0 aliphatic carbocycles. The third-order valence-electron chi connectivity index (χ3n) is 2.44. The maximum absolute atomic E-state index is 9.08. The summed E-state index contributed by atoms with van der Waals surface area (Å²) in [4.78, 5) is 5.99. The fourth-order valence-electron chi connectivity index (χ4n) is 1.63. The number of rotatable bonds is 3. The second-order valence-electron chi connectivity index (χ2n) is 3.86. The monoisotopic (exact) mass is 262 g/mol. The van der Waals surface area contributed by atoms with E-state index in [-0.39, 0.29) is 0 Å². The molecule has 92 valence electrons. The van der Waals surface area contributed by atoms with Crippen LogP contribution in [0.2, 0.25) is 5.02 Å². The summed E-state index contributed by atoms with van der Waals surface area (Å²) in [5.41, 5.74) is 1.30. The largest absolute Gasteiger partial charge is 0.366 e. The Morgan fingerprint density at radius 3 is 2.89 bits per heavy atom. The lowest BCUT2D eigenvalue weighted by Crippen LogP contribution is -2.18. The van der Waals surface area contributed by atoms with Gasteiger partial charge in [0.25, 0.3) is 0 Å². The van der Waals surface area contributed by atoms with Gasteiger partial charge in [-0.2, -0.15) is 10.2 Å². The van der Waals surface area contributed by atoms with Gasteiger partial charge < -0.3 is 9.42 Å². The standard InChI is InChI=1S/C12H11ClN4O/c1-8-15-12(16-18-8)7-17(2)11-4-3-10(13)5-9(11)6-14/h3-5H,7H2,1-2H3. The molecule has 0 N–H and O–H groups in total. The van der Waals surface area contributed by atoms with Gasteiger partial charge in [0, 0.05) is 19.0 Å². The average molecular weight is 263 g/mol. The van der Waals surface area contributed by atoms with E-state index in [0.29, 0.717) is 28.8 Å². The smallest absolute Gasteiger partial charge is 0.223 e. The zero-order valence-electron chi connectivity index (χ0n) is 10.0. The van der Waals surface area contributed by atoms with Crippen molar-refractivity contribution in [3.8, 4) is 6.07 Å². The molecule has 0 amide bonds. The van der Waals surface area contributed by atoms with E-state index < -0.39 is 0 Å². The summed E-state index contributed by atoms with van der Waals surface area (Å²) < 4.78 is 4.90. The van der Waals surface area contributed by atoms with Gasteiger partial charge in [0.15, 0.2) is 5.82 Å². The Bertz CT molecular complexity index is 602. The molecule has 1 aromatic carbocycles. The predicted molar refractivity (Wildman–Crippen MR) is 67.3 cm³/mol. The van der Waals surface area contributed by atoms with Crippen LogP contribution in [0.5, 0.6) is 0 Å².